The molecule has 0 aliphatic carbocycles. The van der Waals surface area contributed by atoms with Gasteiger partial charge in [0.1, 0.15) is 6.61 Å². The lowest BCUT2D eigenvalue weighted by molar-refractivity contribution is -0.143. The molecule has 0 saturated carbocycles. The predicted molar refractivity (Wildman–Crippen MR) is 96.6 cm³/mol. The highest BCUT2D eigenvalue weighted by Gasteiger charge is 2.15. The Morgan fingerprint density at radius 2 is 2.12 bits per heavy atom. The van der Waals surface area contributed by atoms with Crippen LogP contribution < -0.4 is 0 Å². The number of aryl methyl sites for hydroxylation is 1. The Morgan fingerprint density at radius 3 is 2.84 bits per heavy atom. The fraction of sp³-hybridized carbons (Fsp3) is 0.400. The minimum Gasteiger partial charge on any atom is -0.460 e. The summed E-state index contributed by atoms with van der Waals surface area (Å²) in [4.78, 5) is 12.0. The maximum absolute atomic E-state index is 12.0. The molecule has 0 N–H and O–H groups in total. The van der Waals surface area contributed by atoms with Gasteiger partial charge < -0.3 is 9.47 Å². The predicted octanol–water partition coefficient (Wildman–Crippen LogP) is 3.61. The molecule has 5 heteroatoms. The van der Waals surface area contributed by atoms with Gasteiger partial charge in [0.25, 0.3) is 0 Å². The van der Waals surface area contributed by atoms with Crippen LogP contribution in [-0.4, -0.2) is 35.1 Å². The molecule has 1 aliphatic heterocycles. The van der Waals surface area contributed by atoms with Crippen molar-refractivity contribution in [3.63, 3.8) is 0 Å². The van der Waals surface area contributed by atoms with Crippen molar-refractivity contribution < 1.29 is 14.3 Å². The molecule has 1 aromatic heterocycles. The first-order chi connectivity index (χ1) is 12.1. The summed E-state index contributed by atoms with van der Waals surface area (Å²) in [6.07, 6.45) is 6.47. The number of benzene rings is 1. The highest BCUT2D eigenvalue weighted by Crippen LogP contribution is 2.19. The number of aromatic nitrogens is 2. The van der Waals surface area contributed by atoms with Crippen LogP contribution in [0.15, 0.2) is 36.4 Å². The van der Waals surface area contributed by atoms with E-state index in [2.05, 4.69) is 5.10 Å². The van der Waals surface area contributed by atoms with Crippen molar-refractivity contribution in [1.82, 2.24) is 9.78 Å². The second-order valence-corrected chi connectivity index (χ2v) is 6.28. The Kier molecular flexibility index (Phi) is 5.66. The molecular formula is C20H24N2O3. The van der Waals surface area contributed by atoms with Gasteiger partial charge in [0.05, 0.1) is 17.5 Å². The number of rotatable bonds is 5. The Bertz CT molecular complexity index is 744. The quantitative estimate of drug-likeness (QED) is 0.616. The topological polar surface area (TPSA) is 53.4 Å². The lowest BCUT2D eigenvalue weighted by atomic mass is 10.1. The number of nitrogens with zero attached hydrogens (tertiary/aromatic N) is 2. The zero-order chi connectivity index (χ0) is 17.6. The van der Waals surface area contributed by atoms with E-state index >= 15 is 0 Å². The fourth-order valence-electron chi connectivity index (χ4n) is 3.03. The molecule has 2 aromatic rings. The van der Waals surface area contributed by atoms with E-state index in [0.717, 1.165) is 48.5 Å². The van der Waals surface area contributed by atoms with E-state index < -0.39 is 0 Å². The molecule has 25 heavy (non-hydrogen) atoms. The van der Waals surface area contributed by atoms with Gasteiger partial charge in [-0.1, -0.05) is 18.2 Å². The van der Waals surface area contributed by atoms with Crippen molar-refractivity contribution >= 4 is 12.0 Å². The van der Waals surface area contributed by atoms with E-state index in [-0.39, 0.29) is 12.1 Å². The third-order valence-electron chi connectivity index (χ3n) is 4.42. The molecule has 0 radical (unpaired) electrons. The van der Waals surface area contributed by atoms with Crippen LogP contribution in [0.25, 0.3) is 11.8 Å². The Labute approximate surface area is 148 Å². The van der Waals surface area contributed by atoms with Gasteiger partial charge in [0.15, 0.2) is 0 Å². The Balaban J connectivity index is 1.65. The van der Waals surface area contributed by atoms with Crippen LogP contribution >= 0.6 is 0 Å². The molecule has 5 nitrogen and oxygen atoms in total. The summed E-state index contributed by atoms with van der Waals surface area (Å²) in [5, 5.41) is 4.57. The number of carbonyl (C=O) groups excluding carboxylic acids is 1. The zero-order valence-corrected chi connectivity index (χ0v) is 14.8. The first-order valence-electron chi connectivity index (χ1n) is 8.73. The van der Waals surface area contributed by atoms with Gasteiger partial charge in [0.2, 0.25) is 0 Å². The molecule has 1 unspecified atom stereocenters. The average Bonchev–Trinajstić information content (AvgIpc) is 2.94. The summed E-state index contributed by atoms with van der Waals surface area (Å²) in [6, 6.07) is 9.94. The lowest BCUT2D eigenvalue weighted by Crippen LogP contribution is -2.25. The summed E-state index contributed by atoms with van der Waals surface area (Å²) in [7, 11) is 0. The summed E-state index contributed by atoms with van der Waals surface area (Å²) in [6.45, 7) is 5.01. The maximum atomic E-state index is 12.0. The molecular weight excluding hydrogens is 316 g/mol. The van der Waals surface area contributed by atoms with Crippen molar-refractivity contribution in [2.45, 2.75) is 39.2 Å². The average molecular weight is 340 g/mol. The lowest BCUT2D eigenvalue weighted by Gasteiger charge is -2.21. The van der Waals surface area contributed by atoms with Crippen molar-refractivity contribution in [2.24, 2.45) is 0 Å². The minimum atomic E-state index is -0.347. The number of hydrogen-bond donors (Lipinski definition) is 0. The fourth-order valence-corrected chi connectivity index (χ4v) is 3.03. The van der Waals surface area contributed by atoms with Gasteiger partial charge in [-0.25, -0.2) is 9.48 Å². The number of hydrogen-bond acceptors (Lipinski definition) is 4. The van der Waals surface area contributed by atoms with Crippen molar-refractivity contribution in [1.29, 1.82) is 0 Å². The van der Waals surface area contributed by atoms with Crippen LogP contribution in [0.3, 0.4) is 0 Å². The molecule has 1 saturated heterocycles. The second-order valence-electron chi connectivity index (χ2n) is 6.28. The summed E-state index contributed by atoms with van der Waals surface area (Å²) >= 11 is 0. The van der Waals surface area contributed by atoms with Gasteiger partial charge in [-0.3, -0.25) is 0 Å². The highest BCUT2D eigenvalue weighted by atomic mass is 16.6. The Hall–Kier alpha value is -2.40. The summed E-state index contributed by atoms with van der Waals surface area (Å²) in [5.74, 6) is -0.347. The number of carbonyl (C=O) groups is 1. The first-order valence-corrected chi connectivity index (χ1v) is 8.73. The van der Waals surface area contributed by atoms with Crippen LogP contribution in [0.1, 0.15) is 36.2 Å². The SMILES string of the molecule is Cc1nn(-c2ccccc2)c(C)c1/C=C/C(=O)OCC1CCCCO1. The van der Waals surface area contributed by atoms with E-state index in [1.54, 1.807) is 6.08 Å². The van der Waals surface area contributed by atoms with E-state index in [1.807, 2.05) is 48.9 Å². The van der Waals surface area contributed by atoms with Gasteiger partial charge in [-0.05, 0) is 51.3 Å². The molecule has 0 bridgehead atoms. The molecule has 132 valence electrons. The molecule has 0 amide bonds. The van der Waals surface area contributed by atoms with Gasteiger partial charge in [0, 0.05) is 23.9 Å². The van der Waals surface area contributed by atoms with E-state index in [1.165, 1.54) is 6.08 Å². The van der Waals surface area contributed by atoms with E-state index in [4.69, 9.17) is 9.47 Å². The highest BCUT2D eigenvalue weighted by molar-refractivity contribution is 5.87. The molecule has 0 spiro atoms. The number of esters is 1. The second kappa shape index (κ2) is 8.12. The van der Waals surface area contributed by atoms with Crippen molar-refractivity contribution in [3.8, 4) is 5.69 Å². The standard InChI is InChI=1S/C20H24N2O3/c1-15-19(16(2)22(21-15)17-8-4-3-5-9-17)11-12-20(23)25-14-18-10-6-7-13-24-18/h3-5,8-9,11-12,18H,6-7,10,13-14H2,1-2H3/b12-11+. The van der Waals surface area contributed by atoms with Crippen LogP contribution in [0.2, 0.25) is 0 Å². The van der Waals surface area contributed by atoms with Crippen LogP contribution in [0.4, 0.5) is 0 Å². The third kappa shape index (κ3) is 4.37. The van der Waals surface area contributed by atoms with E-state index in [0.29, 0.717) is 6.61 Å². The van der Waals surface area contributed by atoms with Gasteiger partial charge in [-0.2, -0.15) is 5.10 Å². The van der Waals surface area contributed by atoms with Crippen LogP contribution in [0.5, 0.6) is 0 Å². The van der Waals surface area contributed by atoms with Crippen molar-refractivity contribution in [2.75, 3.05) is 13.2 Å². The van der Waals surface area contributed by atoms with Crippen LogP contribution in [0, 0.1) is 13.8 Å². The first kappa shape index (κ1) is 17.4. The van der Waals surface area contributed by atoms with Gasteiger partial charge in [-0.15, -0.1) is 0 Å². The molecule has 2 heterocycles. The third-order valence-corrected chi connectivity index (χ3v) is 4.42. The molecule has 1 atom stereocenters. The molecule has 3 rings (SSSR count). The van der Waals surface area contributed by atoms with Gasteiger partial charge >= 0.3 is 5.97 Å². The minimum absolute atomic E-state index is 0.0374. The molecule has 1 fully saturated rings. The summed E-state index contributed by atoms with van der Waals surface area (Å²) in [5.41, 5.74) is 3.80. The van der Waals surface area contributed by atoms with E-state index in [9.17, 15) is 4.79 Å². The normalized spacial score (nSPS) is 17.8. The number of para-hydroxylation sites is 1. The smallest absolute Gasteiger partial charge is 0.330 e. The molecule has 1 aliphatic rings. The maximum Gasteiger partial charge on any atom is 0.330 e. The molecule has 1 aromatic carbocycles. The van der Waals surface area contributed by atoms with Crippen molar-refractivity contribution in [3.05, 3.63) is 53.4 Å². The largest absolute Gasteiger partial charge is 0.460 e. The zero-order valence-electron chi connectivity index (χ0n) is 14.8. The number of ether oxygens (including phenoxy) is 2. The van der Waals surface area contributed by atoms with Crippen LogP contribution in [-0.2, 0) is 14.3 Å². The monoisotopic (exact) mass is 340 g/mol. The summed E-state index contributed by atoms with van der Waals surface area (Å²) < 4.78 is 12.7. The Morgan fingerprint density at radius 1 is 1.32 bits per heavy atom.